The number of Topliss-reactive ketones (excluding diaryl/α,β-unsaturated/α-hetero) is 1. The van der Waals surface area contributed by atoms with Gasteiger partial charge in [0, 0.05) is 23.7 Å². The van der Waals surface area contributed by atoms with E-state index in [2.05, 4.69) is 6.58 Å². The zero-order chi connectivity index (χ0) is 19.1. The van der Waals surface area contributed by atoms with E-state index in [0.717, 1.165) is 11.9 Å². The second-order valence-electron chi connectivity index (χ2n) is 9.15. The highest BCUT2D eigenvalue weighted by Crippen LogP contribution is 2.76. The summed E-state index contributed by atoms with van der Waals surface area (Å²) in [5.41, 5.74) is -2.31. The van der Waals surface area contributed by atoms with Crippen LogP contribution in [-0.2, 0) is 19.2 Å². The van der Waals surface area contributed by atoms with Gasteiger partial charge in [0.15, 0.2) is 0 Å². The van der Waals surface area contributed by atoms with Crippen molar-refractivity contribution in [1.82, 2.24) is 0 Å². The van der Waals surface area contributed by atoms with E-state index < -0.39 is 45.9 Å². The monoisotopic (exact) mass is 360 g/mol. The number of hydrogen-bond acceptors (Lipinski definition) is 4. The molecule has 0 saturated heterocycles. The fourth-order valence-corrected chi connectivity index (χ4v) is 7.38. The van der Waals surface area contributed by atoms with Crippen LogP contribution in [0, 0.1) is 39.9 Å². The van der Waals surface area contributed by atoms with Gasteiger partial charge in [-0.05, 0) is 43.9 Å². The van der Waals surface area contributed by atoms with Crippen molar-refractivity contribution in [2.24, 2.45) is 39.9 Å². The molecule has 0 aromatic rings. The first-order valence-corrected chi connectivity index (χ1v) is 9.27. The number of hydrogen-bond donors (Lipinski definition) is 2. The lowest BCUT2D eigenvalue weighted by Gasteiger charge is -2.48. The standard InChI is InChI=1S/C20H24O6/c1-10-7-20-8-11(10)12(22)6-13(20)19(9-21)5-3-4-18(2,17(25)26)15(19)14(20)16(23)24/h9,11,13-15H,1,3-8H2,2H3,(H,23,24)(H,25,26). The molecular formula is C20H24O6. The van der Waals surface area contributed by atoms with E-state index in [4.69, 9.17) is 0 Å². The molecule has 0 aromatic carbocycles. The molecule has 26 heavy (non-hydrogen) atoms. The third kappa shape index (κ3) is 1.73. The van der Waals surface area contributed by atoms with E-state index in [-0.39, 0.29) is 18.1 Å². The summed E-state index contributed by atoms with van der Waals surface area (Å²) in [7, 11) is 0. The first-order chi connectivity index (χ1) is 12.1. The van der Waals surface area contributed by atoms with Crippen molar-refractivity contribution in [1.29, 1.82) is 0 Å². The summed E-state index contributed by atoms with van der Waals surface area (Å²) >= 11 is 0. The summed E-state index contributed by atoms with van der Waals surface area (Å²) in [6.45, 7) is 5.60. The zero-order valence-corrected chi connectivity index (χ0v) is 14.9. The molecule has 0 heterocycles. The van der Waals surface area contributed by atoms with Crippen molar-refractivity contribution in [3.63, 3.8) is 0 Å². The highest BCUT2D eigenvalue weighted by Gasteiger charge is 2.77. The van der Waals surface area contributed by atoms with Gasteiger partial charge in [0.05, 0.1) is 11.3 Å². The molecule has 7 unspecified atom stereocenters. The van der Waals surface area contributed by atoms with Crippen LogP contribution >= 0.6 is 0 Å². The zero-order valence-electron chi connectivity index (χ0n) is 14.9. The fourth-order valence-electron chi connectivity index (χ4n) is 7.38. The van der Waals surface area contributed by atoms with Crippen LogP contribution in [-0.4, -0.2) is 34.2 Å². The molecule has 6 nitrogen and oxygen atoms in total. The van der Waals surface area contributed by atoms with Crippen LogP contribution in [0.3, 0.4) is 0 Å². The minimum absolute atomic E-state index is 0.0294. The minimum atomic E-state index is -1.28. The molecule has 4 saturated carbocycles. The second-order valence-corrected chi connectivity index (χ2v) is 9.15. The topological polar surface area (TPSA) is 109 Å². The minimum Gasteiger partial charge on any atom is -0.481 e. The molecular weight excluding hydrogens is 336 g/mol. The summed E-state index contributed by atoms with van der Waals surface area (Å²) in [6, 6.07) is 0. The summed E-state index contributed by atoms with van der Waals surface area (Å²) < 4.78 is 0. The summed E-state index contributed by atoms with van der Waals surface area (Å²) in [4.78, 5) is 49.7. The molecule has 0 aliphatic heterocycles. The smallest absolute Gasteiger partial charge is 0.309 e. The molecule has 7 atom stereocenters. The predicted octanol–water partition coefficient (Wildman–Crippen LogP) is 2.32. The van der Waals surface area contributed by atoms with Crippen LogP contribution in [0.4, 0.5) is 0 Å². The lowest BCUT2D eigenvalue weighted by Crippen LogP contribution is -2.52. The van der Waals surface area contributed by atoms with Gasteiger partial charge in [0.2, 0.25) is 0 Å². The van der Waals surface area contributed by atoms with E-state index in [1.807, 2.05) is 0 Å². The van der Waals surface area contributed by atoms with Crippen LogP contribution in [0.2, 0.25) is 0 Å². The maximum Gasteiger partial charge on any atom is 0.309 e. The molecule has 4 fully saturated rings. The first kappa shape index (κ1) is 17.4. The normalized spacial score (nSPS) is 49.4. The van der Waals surface area contributed by atoms with Gasteiger partial charge >= 0.3 is 11.9 Å². The van der Waals surface area contributed by atoms with E-state index in [9.17, 15) is 29.4 Å². The van der Waals surface area contributed by atoms with Crippen LogP contribution in [0.5, 0.6) is 0 Å². The maximum absolute atomic E-state index is 12.7. The fraction of sp³-hybridized carbons (Fsp3) is 0.700. The third-order valence-electron chi connectivity index (χ3n) is 8.27. The number of carbonyl (C=O) groups excluding carboxylic acids is 2. The summed E-state index contributed by atoms with van der Waals surface area (Å²) in [5, 5.41) is 20.1. The molecule has 1 spiro atoms. The van der Waals surface area contributed by atoms with Crippen LogP contribution in [0.25, 0.3) is 0 Å². The largest absolute Gasteiger partial charge is 0.481 e. The Bertz CT molecular complexity index is 755. The van der Waals surface area contributed by atoms with Crippen molar-refractivity contribution >= 4 is 24.0 Å². The maximum atomic E-state index is 12.7. The quantitative estimate of drug-likeness (QED) is 0.590. The lowest BCUT2D eigenvalue weighted by atomic mass is 9.53. The van der Waals surface area contributed by atoms with Gasteiger partial charge in [-0.1, -0.05) is 18.6 Å². The second kappa shape index (κ2) is 5.05. The summed E-state index contributed by atoms with van der Waals surface area (Å²) in [5.74, 6) is -4.53. The molecule has 0 radical (unpaired) electrons. The number of carbonyl (C=O) groups is 4. The SMILES string of the molecule is C=C1CC23CC1C(=O)CC2C1(C=O)CCCC(C)(C(=O)O)C1C3C(=O)O. The lowest BCUT2D eigenvalue weighted by molar-refractivity contribution is -0.167. The average molecular weight is 360 g/mol. The van der Waals surface area contributed by atoms with Gasteiger partial charge in [0.1, 0.15) is 12.1 Å². The molecule has 4 aliphatic carbocycles. The van der Waals surface area contributed by atoms with Crippen molar-refractivity contribution in [2.45, 2.75) is 45.4 Å². The van der Waals surface area contributed by atoms with E-state index >= 15 is 0 Å². The molecule has 4 rings (SSSR count). The first-order valence-electron chi connectivity index (χ1n) is 9.27. The molecule has 2 N–H and O–H groups in total. The number of carboxylic acid groups (broad SMARTS) is 2. The highest BCUT2D eigenvalue weighted by atomic mass is 16.4. The molecule has 140 valence electrons. The molecule has 0 aromatic heterocycles. The Morgan fingerprint density at radius 2 is 1.96 bits per heavy atom. The van der Waals surface area contributed by atoms with Crippen molar-refractivity contribution < 1.29 is 29.4 Å². The Balaban J connectivity index is 1.99. The van der Waals surface area contributed by atoms with Crippen molar-refractivity contribution in [3.05, 3.63) is 12.2 Å². The Labute approximate surface area is 151 Å². The molecule has 0 amide bonds. The van der Waals surface area contributed by atoms with Crippen LogP contribution in [0.15, 0.2) is 12.2 Å². The van der Waals surface area contributed by atoms with Gasteiger partial charge in [0.25, 0.3) is 0 Å². The molecule has 6 heteroatoms. The van der Waals surface area contributed by atoms with Crippen molar-refractivity contribution in [3.8, 4) is 0 Å². The Kier molecular flexibility index (Phi) is 3.39. The van der Waals surface area contributed by atoms with Gasteiger partial charge < -0.3 is 15.0 Å². The van der Waals surface area contributed by atoms with E-state index in [0.29, 0.717) is 32.1 Å². The molecule has 2 bridgehead atoms. The summed E-state index contributed by atoms with van der Waals surface area (Å²) in [6.07, 6.45) is 3.15. The number of allylic oxidation sites excluding steroid dienone is 1. The third-order valence-corrected chi connectivity index (χ3v) is 8.27. The van der Waals surface area contributed by atoms with Gasteiger partial charge in [-0.3, -0.25) is 14.4 Å². The number of aliphatic carboxylic acids is 2. The Hall–Kier alpha value is -1.98. The number of aldehydes is 1. The van der Waals surface area contributed by atoms with Crippen LogP contribution < -0.4 is 0 Å². The highest BCUT2D eigenvalue weighted by molar-refractivity contribution is 5.90. The Morgan fingerprint density at radius 3 is 2.54 bits per heavy atom. The number of rotatable bonds is 3. The van der Waals surface area contributed by atoms with E-state index in [1.165, 1.54) is 0 Å². The van der Waals surface area contributed by atoms with Gasteiger partial charge in [-0.2, -0.15) is 0 Å². The van der Waals surface area contributed by atoms with Crippen molar-refractivity contribution in [2.75, 3.05) is 0 Å². The number of ketones is 1. The number of carboxylic acids is 2. The van der Waals surface area contributed by atoms with Crippen LogP contribution in [0.1, 0.15) is 45.4 Å². The van der Waals surface area contributed by atoms with Gasteiger partial charge in [-0.25, -0.2) is 0 Å². The Morgan fingerprint density at radius 1 is 1.27 bits per heavy atom. The molecule has 4 aliphatic rings. The van der Waals surface area contributed by atoms with Gasteiger partial charge in [-0.15, -0.1) is 0 Å². The number of fused-ring (bicyclic) bond motifs is 3. The predicted molar refractivity (Wildman–Crippen MR) is 90.1 cm³/mol. The van der Waals surface area contributed by atoms with E-state index in [1.54, 1.807) is 6.92 Å². The average Bonchev–Trinajstić information content (AvgIpc) is 3.00.